The first-order chi connectivity index (χ1) is 34.5. The molecular weight excluding hydrogens is 971 g/mol. The van der Waals surface area contributed by atoms with E-state index < -0.39 is 89.6 Å². The Morgan fingerprint density at radius 3 is 1.57 bits per heavy atom. The van der Waals surface area contributed by atoms with E-state index >= 15 is 0 Å². The van der Waals surface area contributed by atoms with E-state index in [0.29, 0.717) is 25.7 Å². The van der Waals surface area contributed by atoms with E-state index in [1.54, 1.807) is 6.08 Å². The first-order valence-corrected chi connectivity index (χ1v) is 28.2. The van der Waals surface area contributed by atoms with E-state index in [2.05, 4.69) is 60.1 Å². The van der Waals surface area contributed by atoms with Crippen molar-refractivity contribution in [2.45, 2.75) is 185 Å². The van der Waals surface area contributed by atoms with Crippen LogP contribution in [0.15, 0.2) is 122 Å². The molecule has 1 aliphatic carbocycles. The molecule has 0 aromatic rings. The van der Waals surface area contributed by atoms with Gasteiger partial charge in [0.05, 0.1) is 12.7 Å². The Hall–Kier alpha value is -3.64. The Balaban J connectivity index is 2.64. The molecule has 0 amide bonds. The Kier molecular flexibility index (Phi) is 38.4. The van der Waals surface area contributed by atoms with Crippen LogP contribution in [0.2, 0.25) is 0 Å². The second-order valence-corrected chi connectivity index (χ2v) is 19.6. The maximum Gasteiger partial charge on any atom is 0.472 e. The second kappa shape index (κ2) is 41.7. The quantitative estimate of drug-likeness (QED) is 0.00933. The van der Waals surface area contributed by atoms with Crippen molar-refractivity contribution in [2.75, 3.05) is 13.2 Å². The minimum Gasteiger partial charge on any atom is -0.462 e. The van der Waals surface area contributed by atoms with Crippen molar-refractivity contribution in [3.8, 4) is 0 Å². The van der Waals surface area contributed by atoms with Gasteiger partial charge in [-0.15, -0.1) is 0 Å². The van der Waals surface area contributed by atoms with Gasteiger partial charge in [0, 0.05) is 12.8 Å². The van der Waals surface area contributed by atoms with Gasteiger partial charge >= 0.3 is 27.6 Å². The highest BCUT2D eigenvalue weighted by Gasteiger charge is 2.54. The molecule has 8 N–H and O–H groups in total. The summed E-state index contributed by atoms with van der Waals surface area (Å²) in [6, 6.07) is 0. The first kappa shape index (κ1) is 66.4. The third kappa shape index (κ3) is 35.5. The number of unbranched alkanes of at least 4 members (excludes halogenated alkanes) is 6. The number of esters is 2. The Bertz CT molecular complexity index is 1860. The predicted molar refractivity (Wildman–Crippen MR) is 279 cm³/mol. The molecule has 0 heterocycles. The lowest BCUT2D eigenvalue weighted by molar-refractivity contribution is -0.216. The number of aliphatic hydroxyl groups excluding tert-OH is 5. The SMILES string of the molecule is CC/C=C\C/C=C\C/C=C\C/C=C\CCCCCCCCC(=O)O[C@H](COC(=O)CC/C=C\C/C=C\C/C=C\C/C=C/C=C/C(O)C/C=C\CC)COP(=O)(O)O[C@H]1C(O)C(O)C(O)[C@@H](OP(=O)(O)O)C1O. The monoisotopic (exact) mass is 1050 g/mol. The van der Waals surface area contributed by atoms with E-state index in [9.17, 15) is 58.9 Å². The van der Waals surface area contributed by atoms with Crippen LogP contribution in [-0.4, -0.2) is 114 Å². The molecule has 72 heavy (non-hydrogen) atoms. The number of phosphoric ester groups is 2. The largest absolute Gasteiger partial charge is 0.472 e. The van der Waals surface area contributed by atoms with Crippen molar-refractivity contribution in [3.63, 3.8) is 0 Å². The van der Waals surface area contributed by atoms with Gasteiger partial charge in [-0.2, -0.15) is 0 Å². The average Bonchev–Trinajstić information content (AvgIpc) is 3.33. The number of carbonyl (C=O) groups is 2. The van der Waals surface area contributed by atoms with Crippen molar-refractivity contribution >= 4 is 27.6 Å². The van der Waals surface area contributed by atoms with E-state index in [0.717, 1.165) is 83.5 Å². The van der Waals surface area contributed by atoms with Crippen LogP contribution in [0.5, 0.6) is 0 Å². The summed E-state index contributed by atoms with van der Waals surface area (Å²) in [7, 11) is -10.7. The molecule has 0 radical (unpaired) electrons. The van der Waals surface area contributed by atoms with Gasteiger partial charge in [0.25, 0.3) is 0 Å². The minimum atomic E-state index is -5.39. The summed E-state index contributed by atoms with van der Waals surface area (Å²) in [6.07, 6.45) is 39.1. The molecule has 1 fully saturated rings. The molecule has 0 spiro atoms. The highest BCUT2D eigenvalue weighted by atomic mass is 31.2. The molecule has 9 atom stereocenters. The summed E-state index contributed by atoms with van der Waals surface area (Å²) in [5, 5.41) is 51.2. The van der Waals surface area contributed by atoms with Gasteiger partial charge in [0.15, 0.2) is 6.10 Å². The summed E-state index contributed by atoms with van der Waals surface area (Å²) in [5.41, 5.74) is 0. The van der Waals surface area contributed by atoms with Crippen LogP contribution in [0.1, 0.15) is 136 Å². The third-order valence-corrected chi connectivity index (χ3v) is 12.1. The summed E-state index contributed by atoms with van der Waals surface area (Å²) < 4.78 is 49.4. The number of phosphoric acid groups is 2. The van der Waals surface area contributed by atoms with Gasteiger partial charge in [-0.1, -0.05) is 161 Å². The lowest BCUT2D eigenvalue weighted by Gasteiger charge is -2.43. The average molecular weight is 1060 g/mol. The number of carbonyl (C=O) groups excluding carboxylic acids is 2. The molecule has 0 aliphatic heterocycles. The van der Waals surface area contributed by atoms with E-state index in [1.165, 1.54) is 0 Å². The maximum atomic E-state index is 13.0. The molecular formula is C53H84O17P2. The van der Waals surface area contributed by atoms with Crippen LogP contribution < -0.4 is 0 Å². The van der Waals surface area contributed by atoms with Crippen LogP contribution in [0.25, 0.3) is 0 Å². The van der Waals surface area contributed by atoms with Gasteiger partial charge in [0.1, 0.15) is 43.2 Å². The number of ether oxygens (including phenoxy) is 2. The molecule has 1 saturated carbocycles. The van der Waals surface area contributed by atoms with Crippen molar-refractivity contribution in [1.82, 2.24) is 0 Å². The molecule has 17 nitrogen and oxygen atoms in total. The molecule has 0 aromatic carbocycles. The summed E-state index contributed by atoms with van der Waals surface area (Å²) in [6.45, 7) is 2.71. The normalized spacial score (nSPS) is 22.2. The minimum absolute atomic E-state index is 0.00372. The molecule has 1 rings (SSSR count). The maximum absolute atomic E-state index is 13.0. The second-order valence-electron chi connectivity index (χ2n) is 17.0. The summed E-state index contributed by atoms with van der Waals surface area (Å²) in [5.74, 6) is -1.35. The molecule has 0 aromatic heterocycles. The molecule has 1 aliphatic rings. The standard InChI is InChI=1S/C53H84O17P2/c1-3-5-7-8-9-10-11-12-13-14-15-16-17-20-24-27-30-33-37-41-47(56)68-45(43-67-72(64,65)70-53-50(59)48(57)49(58)52(51(53)60)69-71(61,62)63)42-66-46(55)40-36-32-29-26-23-21-18-19-22-25-28-31-35-39-44(54)38-34-6-4-2/h5-7,9-10,12-13,15-16,19,21-23,28-29,31-32,34-35,39,44-45,48-54,57-60H,3-4,8,11,14,17-18,20,24-27,30,33,36-38,40-43H2,1-2H3,(H,64,65)(H2,61,62,63)/b7-5-,10-9-,13-12-,16-15-,22-19-,23-21-,31-28+,32-29-,34-6-,39-35+/t44?,45-,48?,49?,50?,51?,52-,53+/m1/s1. The highest BCUT2D eigenvalue weighted by molar-refractivity contribution is 7.47. The number of hydrogen-bond acceptors (Lipinski definition) is 14. The van der Waals surface area contributed by atoms with Gasteiger partial charge in [0.2, 0.25) is 0 Å². The summed E-state index contributed by atoms with van der Waals surface area (Å²) >= 11 is 0. The Labute approximate surface area is 427 Å². The lowest BCUT2D eigenvalue weighted by atomic mass is 9.85. The smallest absolute Gasteiger partial charge is 0.462 e. The van der Waals surface area contributed by atoms with Crippen LogP contribution in [-0.2, 0) is 41.8 Å². The topological polar surface area (TPSA) is 276 Å². The fourth-order valence-electron chi connectivity index (χ4n) is 6.77. The number of aliphatic hydroxyl groups is 5. The van der Waals surface area contributed by atoms with Crippen molar-refractivity contribution < 1.29 is 82.0 Å². The highest BCUT2D eigenvalue weighted by Crippen LogP contribution is 2.49. The number of allylic oxidation sites excluding steroid dienone is 18. The van der Waals surface area contributed by atoms with Crippen LogP contribution in [0.4, 0.5) is 0 Å². The third-order valence-electron chi connectivity index (χ3n) is 10.6. The molecule has 19 heteroatoms. The van der Waals surface area contributed by atoms with E-state index in [1.807, 2.05) is 73.8 Å². The molecule has 0 bridgehead atoms. The van der Waals surface area contributed by atoms with Crippen molar-refractivity contribution in [2.24, 2.45) is 0 Å². The van der Waals surface area contributed by atoms with Gasteiger partial charge in [-0.25, -0.2) is 9.13 Å². The summed E-state index contributed by atoms with van der Waals surface area (Å²) in [4.78, 5) is 54.4. The molecule has 0 saturated heterocycles. The number of hydrogen-bond donors (Lipinski definition) is 8. The Morgan fingerprint density at radius 2 is 1.00 bits per heavy atom. The molecule has 6 unspecified atom stereocenters. The van der Waals surface area contributed by atoms with Gasteiger partial charge < -0.3 is 49.7 Å². The zero-order valence-corrected chi connectivity index (χ0v) is 44.0. The fraction of sp³-hybridized carbons (Fsp3) is 0.585. The first-order valence-electron chi connectivity index (χ1n) is 25.2. The van der Waals surface area contributed by atoms with Crippen LogP contribution >= 0.6 is 15.6 Å². The van der Waals surface area contributed by atoms with Crippen LogP contribution in [0.3, 0.4) is 0 Å². The number of rotatable bonds is 40. The zero-order valence-electron chi connectivity index (χ0n) is 42.2. The van der Waals surface area contributed by atoms with E-state index in [4.69, 9.17) is 18.5 Å². The zero-order chi connectivity index (χ0) is 53.3. The lowest BCUT2D eigenvalue weighted by Crippen LogP contribution is -2.64. The van der Waals surface area contributed by atoms with Crippen molar-refractivity contribution in [3.05, 3.63) is 122 Å². The van der Waals surface area contributed by atoms with Crippen molar-refractivity contribution in [1.29, 1.82) is 0 Å². The van der Waals surface area contributed by atoms with Crippen LogP contribution in [0, 0.1) is 0 Å². The van der Waals surface area contributed by atoms with Gasteiger partial charge in [-0.3, -0.25) is 23.2 Å². The Morgan fingerprint density at radius 1 is 0.514 bits per heavy atom. The van der Waals surface area contributed by atoms with Gasteiger partial charge in [-0.05, 0) is 83.5 Å². The predicted octanol–water partition coefficient (Wildman–Crippen LogP) is 9.25. The molecule has 408 valence electrons. The fourth-order valence-corrected chi connectivity index (χ4v) is 8.31. The van der Waals surface area contributed by atoms with E-state index in [-0.39, 0.29) is 12.8 Å².